The minimum Gasteiger partial charge on any atom is -0.321 e. The fourth-order valence-electron chi connectivity index (χ4n) is 4.31. The van der Waals surface area contributed by atoms with Gasteiger partial charge < -0.3 is 5.32 Å². The largest absolute Gasteiger partial charge is 0.321 e. The molecule has 0 bridgehead atoms. The van der Waals surface area contributed by atoms with Gasteiger partial charge in [0.25, 0.3) is 5.91 Å². The first-order valence-corrected chi connectivity index (χ1v) is 9.50. The summed E-state index contributed by atoms with van der Waals surface area (Å²) in [4.78, 5) is 25.1. The van der Waals surface area contributed by atoms with Crippen molar-refractivity contribution in [1.82, 2.24) is 0 Å². The summed E-state index contributed by atoms with van der Waals surface area (Å²) in [5.41, 5.74) is 8.03. The van der Waals surface area contributed by atoms with Gasteiger partial charge in [-0.3, -0.25) is 9.59 Å². The number of carbonyl (C=O) groups excluding carboxylic acids is 2. The molecule has 0 spiro atoms. The first kappa shape index (κ1) is 18.4. The number of benzene rings is 1. The summed E-state index contributed by atoms with van der Waals surface area (Å²) in [5, 5.41) is 2.98. The van der Waals surface area contributed by atoms with E-state index in [1.54, 1.807) is 6.92 Å². The highest BCUT2D eigenvalue weighted by Gasteiger charge is 2.30. The molecule has 136 valence electrons. The minimum atomic E-state index is -0.0274. The number of rotatable bonds is 4. The van der Waals surface area contributed by atoms with Crippen LogP contribution in [0.15, 0.2) is 52.1 Å². The molecule has 3 rings (SSSR count). The Balaban J connectivity index is 2.20. The van der Waals surface area contributed by atoms with Gasteiger partial charge in [0, 0.05) is 16.8 Å². The Morgan fingerprint density at radius 2 is 1.88 bits per heavy atom. The van der Waals surface area contributed by atoms with Crippen LogP contribution in [0.2, 0.25) is 0 Å². The summed E-state index contributed by atoms with van der Waals surface area (Å²) < 4.78 is 0. The van der Waals surface area contributed by atoms with Crippen molar-refractivity contribution in [1.29, 1.82) is 0 Å². The smallest absolute Gasteiger partial charge is 0.256 e. The normalized spacial score (nSPS) is 20.7. The van der Waals surface area contributed by atoms with Crippen LogP contribution in [0.5, 0.6) is 0 Å². The van der Waals surface area contributed by atoms with Gasteiger partial charge in [-0.2, -0.15) is 0 Å². The number of allylic oxidation sites excluding steroid dienone is 5. The summed E-state index contributed by atoms with van der Waals surface area (Å²) in [6, 6.07) is 7.85. The van der Waals surface area contributed by atoms with E-state index in [0.29, 0.717) is 0 Å². The summed E-state index contributed by atoms with van der Waals surface area (Å²) in [6.45, 7) is 7.94. The van der Waals surface area contributed by atoms with Crippen molar-refractivity contribution in [2.75, 3.05) is 5.32 Å². The van der Waals surface area contributed by atoms with Crippen LogP contribution in [0.25, 0.3) is 5.57 Å². The maximum atomic E-state index is 12.7. The molecule has 1 amide bonds. The van der Waals surface area contributed by atoms with E-state index in [2.05, 4.69) is 26.1 Å². The van der Waals surface area contributed by atoms with Crippen molar-refractivity contribution < 1.29 is 9.59 Å². The second-order valence-corrected chi connectivity index (χ2v) is 7.27. The number of ketones is 1. The van der Waals surface area contributed by atoms with E-state index in [1.807, 2.05) is 24.3 Å². The monoisotopic (exact) mass is 349 g/mol. The Labute approximate surface area is 155 Å². The van der Waals surface area contributed by atoms with E-state index in [9.17, 15) is 9.59 Å². The molecule has 1 aliphatic carbocycles. The SMILES string of the molecule is CCC/C(C)=C(/C(C)=O)C1=C(C)/C(=C2\C(=O)Nc3ccccc32)CCC1. The van der Waals surface area contributed by atoms with Gasteiger partial charge in [0.05, 0.1) is 5.57 Å². The molecule has 1 aromatic rings. The molecular weight excluding hydrogens is 322 g/mol. The number of hydrogen-bond donors (Lipinski definition) is 1. The predicted molar refractivity (Wildman–Crippen MR) is 107 cm³/mol. The first-order valence-electron chi connectivity index (χ1n) is 9.50. The standard InChI is InChI=1S/C23H27NO2/c1-5-9-14(2)21(16(4)25)17-11-8-12-18(15(17)3)22-19-10-6-7-13-20(19)24-23(22)26/h6-7,10,13H,5,8-9,11-12H2,1-4H3,(H,24,26)/b21-14-,22-18-. The highest BCUT2D eigenvalue weighted by molar-refractivity contribution is 6.32. The molecule has 0 saturated heterocycles. The molecule has 0 atom stereocenters. The van der Waals surface area contributed by atoms with Gasteiger partial charge in [-0.05, 0) is 69.2 Å². The third-order valence-electron chi connectivity index (χ3n) is 5.44. The molecule has 0 fully saturated rings. The third kappa shape index (κ3) is 3.18. The van der Waals surface area contributed by atoms with Crippen LogP contribution >= 0.6 is 0 Å². The van der Waals surface area contributed by atoms with Gasteiger partial charge in [0.2, 0.25) is 0 Å². The number of Topliss-reactive ketones (excluding diaryl/α,β-unsaturated/α-hetero) is 1. The van der Waals surface area contributed by atoms with Crippen LogP contribution in [0, 0.1) is 0 Å². The average Bonchev–Trinajstić information content (AvgIpc) is 2.92. The van der Waals surface area contributed by atoms with Gasteiger partial charge in [-0.25, -0.2) is 0 Å². The zero-order chi connectivity index (χ0) is 18.8. The quantitative estimate of drug-likeness (QED) is 0.719. The molecule has 2 aliphatic rings. The Hall–Kier alpha value is -2.42. The maximum absolute atomic E-state index is 12.7. The number of para-hydroxylation sites is 1. The predicted octanol–water partition coefficient (Wildman–Crippen LogP) is 5.60. The summed E-state index contributed by atoms with van der Waals surface area (Å²) >= 11 is 0. The molecule has 3 heteroatoms. The van der Waals surface area contributed by atoms with E-state index in [-0.39, 0.29) is 11.7 Å². The summed E-state index contributed by atoms with van der Waals surface area (Å²) in [6.07, 6.45) is 4.71. The van der Waals surface area contributed by atoms with Crippen LogP contribution in [0.4, 0.5) is 5.69 Å². The highest BCUT2D eigenvalue weighted by atomic mass is 16.2. The molecule has 0 aromatic heterocycles. The van der Waals surface area contributed by atoms with E-state index < -0.39 is 0 Å². The molecule has 0 saturated carbocycles. The van der Waals surface area contributed by atoms with Crippen molar-refractivity contribution in [3.8, 4) is 0 Å². The second-order valence-electron chi connectivity index (χ2n) is 7.27. The van der Waals surface area contributed by atoms with E-state index in [4.69, 9.17) is 0 Å². The number of nitrogens with one attached hydrogen (secondary N) is 1. The topological polar surface area (TPSA) is 46.2 Å². The van der Waals surface area contributed by atoms with Crippen LogP contribution < -0.4 is 5.32 Å². The van der Waals surface area contributed by atoms with Gasteiger partial charge >= 0.3 is 0 Å². The highest BCUT2D eigenvalue weighted by Crippen LogP contribution is 2.42. The van der Waals surface area contributed by atoms with E-state index in [1.165, 1.54) is 0 Å². The Kier molecular flexibility index (Phi) is 5.26. The zero-order valence-electron chi connectivity index (χ0n) is 16.2. The van der Waals surface area contributed by atoms with Gasteiger partial charge in [-0.1, -0.05) is 37.1 Å². The van der Waals surface area contributed by atoms with Gasteiger partial charge in [-0.15, -0.1) is 0 Å². The van der Waals surface area contributed by atoms with Crippen molar-refractivity contribution in [3.05, 3.63) is 57.7 Å². The van der Waals surface area contributed by atoms with Crippen molar-refractivity contribution in [3.63, 3.8) is 0 Å². The number of carbonyl (C=O) groups is 2. The molecule has 1 N–H and O–H groups in total. The second kappa shape index (κ2) is 7.45. The Morgan fingerprint density at radius 1 is 1.15 bits per heavy atom. The van der Waals surface area contributed by atoms with Crippen molar-refractivity contribution in [2.45, 2.75) is 59.8 Å². The summed E-state index contributed by atoms with van der Waals surface area (Å²) in [5.74, 6) is 0.105. The fourth-order valence-corrected chi connectivity index (χ4v) is 4.31. The lowest BCUT2D eigenvalue weighted by Gasteiger charge is -2.25. The lowest BCUT2D eigenvalue weighted by Crippen LogP contribution is -2.13. The Morgan fingerprint density at radius 3 is 2.58 bits per heavy atom. The van der Waals surface area contributed by atoms with Crippen molar-refractivity contribution in [2.24, 2.45) is 0 Å². The van der Waals surface area contributed by atoms with Crippen LogP contribution in [0.1, 0.15) is 65.4 Å². The first-order chi connectivity index (χ1) is 12.5. The van der Waals surface area contributed by atoms with E-state index >= 15 is 0 Å². The fraction of sp³-hybridized carbons (Fsp3) is 0.391. The molecule has 1 aliphatic heterocycles. The molecule has 0 unspecified atom stereocenters. The molecule has 26 heavy (non-hydrogen) atoms. The minimum absolute atomic E-state index is 0.0274. The number of amides is 1. The molecule has 1 aromatic carbocycles. The molecule has 3 nitrogen and oxygen atoms in total. The average molecular weight is 349 g/mol. The molecular formula is C23H27NO2. The lowest BCUT2D eigenvalue weighted by atomic mass is 9.79. The number of fused-ring (bicyclic) bond motifs is 1. The van der Waals surface area contributed by atoms with E-state index in [0.717, 1.165) is 76.8 Å². The van der Waals surface area contributed by atoms with Gasteiger partial charge in [0.15, 0.2) is 5.78 Å². The van der Waals surface area contributed by atoms with Crippen LogP contribution in [0.3, 0.4) is 0 Å². The number of hydrogen-bond acceptors (Lipinski definition) is 2. The third-order valence-corrected chi connectivity index (χ3v) is 5.44. The molecule has 1 heterocycles. The van der Waals surface area contributed by atoms with Crippen LogP contribution in [-0.2, 0) is 9.59 Å². The van der Waals surface area contributed by atoms with Crippen molar-refractivity contribution >= 4 is 23.0 Å². The molecule has 0 radical (unpaired) electrons. The van der Waals surface area contributed by atoms with Gasteiger partial charge in [0.1, 0.15) is 0 Å². The maximum Gasteiger partial charge on any atom is 0.256 e. The zero-order valence-corrected chi connectivity index (χ0v) is 16.2. The Bertz CT molecular complexity index is 868. The summed E-state index contributed by atoms with van der Waals surface area (Å²) in [7, 11) is 0. The van der Waals surface area contributed by atoms with Crippen LogP contribution in [-0.4, -0.2) is 11.7 Å². The lowest BCUT2D eigenvalue weighted by molar-refractivity contribution is -0.113. The number of anilines is 1.